The zero-order chi connectivity index (χ0) is 19.7. The second-order valence-corrected chi connectivity index (χ2v) is 10.7. The van der Waals surface area contributed by atoms with Crippen LogP contribution in [-0.2, 0) is 10.0 Å². The summed E-state index contributed by atoms with van der Waals surface area (Å²) in [6, 6.07) is 14.3. The summed E-state index contributed by atoms with van der Waals surface area (Å²) >= 11 is 1.79. The number of thioether (sulfide) groups is 1. The van der Waals surface area contributed by atoms with Crippen molar-refractivity contribution >= 4 is 33.4 Å². The fraction of sp³-hybridized carbons (Fsp3) is 0.381. The molecule has 148 valence electrons. The van der Waals surface area contributed by atoms with E-state index in [2.05, 4.69) is 6.92 Å². The van der Waals surface area contributed by atoms with Crippen LogP contribution in [0.1, 0.15) is 36.5 Å². The first-order valence-corrected chi connectivity index (χ1v) is 12.0. The minimum Gasteiger partial charge on any atom is -0.307 e. The van der Waals surface area contributed by atoms with Crippen molar-refractivity contribution < 1.29 is 13.2 Å². The van der Waals surface area contributed by atoms with Crippen molar-refractivity contribution in [3.8, 4) is 0 Å². The molecular weight excluding hydrogens is 392 g/mol. The van der Waals surface area contributed by atoms with Crippen molar-refractivity contribution in [3.05, 3.63) is 54.1 Å². The van der Waals surface area contributed by atoms with Crippen LogP contribution in [0.2, 0.25) is 0 Å². The van der Waals surface area contributed by atoms with Crippen LogP contribution in [0.15, 0.2) is 58.3 Å². The van der Waals surface area contributed by atoms with Gasteiger partial charge in [-0.05, 0) is 55.7 Å². The zero-order valence-corrected chi connectivity index (χ0v) is 17.5. The molecule has 0 aliphatic carbocycles. The van der Waals surface area contributed by atoms with Crippen molar-refractivity contribution in [3.63, 3.8) is 0 Å². The lowest BCUT2D eigenvalue weighted by Crippen LogP contribution is -2.32. The number of anilines is 1. The Kier molecular flexibility index (Phi) is 5.49. The standard InChI is InChI=1S/C21H24N2O3S2/c1-16-12-15-23(19-6-2-3-7-20(19)27-16)21(24)17-8-10-18(11-9-17)28(25,26)22-13-4-5-14-22/h2-3,6-11,16H,4-5,12-15H2,1H3. The molecule has 28 heavy (non-hydrogen) atoms. The van der Waals surface area contributed by atoms with Gasteiger partial charge in [-0.25, -0.2) is 8.42 Å². The maximum absolute atomic E-state index is 13.2. The quantitative estimate of drug-likeness (QED) is 0.759. The number of amides is 1. The number of nitrogens with zero attached hydrogens (tertiary/aromatic N) is 2. The number of sulfonamides is 1. The normalized spacial score (nSPS) is 20.6. The summed E-state index contributed by atoms with van der Waals surface area (Å²) in [6.07, 6.45) is 2.72. The summed E-state index contributed by atoms with van der Waals surface area (Å²) in [5.74, 6) is -0.0905. The van der Waals surface area contributed by atoms with Gasteiger partial charge in [0.1, 0.15) is 0 Å². The minimum atomic E-state index is -3.46. The van der Waals surface area contributed by atoms with Gasteiger partial charge in [0.25, 0.3) is 5.91 Å². The highest BCUT2D eigenvalue weighted by Gasteiger charge is 2.28. The smallest absolute Gasteiger partial charge is 0.258 e. The third-order valence-electron chi connectivity index (χ3n) is 5.29. The van der Waals surface area contributed by atoms with Gasteiger partial charge >= 0.3 is 0 Å². The monoisotopic (exact) mass is 416 g/mol. The average molecular weight is 417 g/mol. The van der Waals surface area contributed by atoms with E-state index in [1.807, 2.05) is 29.2 Å². The molecule has 2 heterocycles. The summed E-state index contributed by atoms with van der Waals surface area (Å²) < 4.78 is 26.9. The third kappa shape index (κ3) is 3.71. The lowest BCUT2D eigenvalue weighted by molar-refractivity contribution is 0.0986. The highest BCUT2D eigenvalue weighted by atomic mass is 32.2. The lowest BCUT2D eigenvalue weighted by Gasteiger charge is -2.23. The van der Waals surface area contributed by atoms with Gasteiger partial charge in [0, 0.05) is 35.3 Å². The molecule has 2 aromatic rings. The Morgan fingerprint density at radius 3 is 2.39 bits per heavy atom. The second-order valence-electron chi connectivity index (χ2n) is 7.28. The van der Waals surface area contributed by atoms with E-state index >= 15 is 0 Å². The van der Waals surface area contributed by atoms with E-state index in [0.717, 1.165) is 29.8 Å². The molecule has 1 atom stereocenters. The second kappa shape index (κ2) is 7.89. The molecule has 0 aromatic heterocycles. The number of rotatable bonds is 3. The number of hydrogen-bond acceptors (Lipinski definition) is 4. The topological polar surface area (TPSA) is 57.7 Å². The van der Waals surface area contributed by atoms with Gasteiger partial charge in [0.05, 0.1) is 10.6 Å². The summed E-state index contributed by atoms with van der Waals surface area (Å²) in [5, 5.41) is 0.437. The zero-order valence-electron chi connectivity index (χ0n) is 15.9. The van der Waals surface area contributed by atoms with E-state index in [4.69, 9.17) is 0 Å². The van der Waals surface area contributed by atoms with Crippen LogP contribution in [0.25, 0.3) is 0 Å². The molecule has 0 spiro atoms. The summed E-state index contributed by atoms with van der Waals surface area (Å²) in [7, 11) is -3.46. The van der Waals surface area contributed by atoms with Gasteiger partial charge in [-0.1, -0.05) is 19.1 Å². The first-order valence-electron chi connectivity index (χ1n) is 9.64. The van der Waals surface area contributed by atoms with E-state index in [1.54, 1.807) is 36.0 Å². The summed E-state index contributed by atoms with van der Waals surface area (Å²) in [4.78, 5) is 16.4. The van der Waals surface area contributed by atoms with Gasteiger partial charge in [-0.3, -0.25) is 4.79 Å². The number of fused-ring (bicyclic) bond motifs is 1. The number of carbonyl (C=O) groups excluding carboxylic acids is 1. The summed E-state index contributed by atoms with van der Waals surface area (Å²) in [5.41, 5.74) is 1.44. The van der Waals surface area contributed by atoms with E-state index in [1.165, 1.54) is 4.31 Å². The van der Waals surface area contributed by atoms with Gasteiger partial charge in [0.2, 0.25) is 10.0 Å². The highest BCUT2D eigenvalue weighted by molar-refractivity contribution is 8.00. The maximum atomic E-state index is 13.2. The van der Waals surface area contributed by atoms with E-state index in [9.17, 15) is 13.2 Å². The Bertz CT molecular complexity index is 967. The molecule has 4 rings (SSSR count). The molecule has 1 fully saturated rings. The van der Waals surface area contributed by atoms with Crippen LogP contribution >= 0.6 is 11.8 Å². The molecule has 7 heteroatoms. The summed E-state index contributed by atoms with van der Waals surface area (Å²) in [6.45, 7) is 3.97. The SMILES string of the molecule is CC1CCN(C(=O)c2ccc(S(=O)(=O)N3CCCC3)cc2)c2ccccc2S1. The van der Waals surface area contributed by atoms with Crippen molar-refractivity contribution in [1.29, 1.82) is 0 Å². The average Bonchev–Trinajstić information content (AvgIpc) is 3.19. The fourth-order valence-electron chi connectivity index (χ4n) is 3.70. The molecule has 0 saturated carbocycles. The van der Waals surface area contributed by atoms with Gasteiger partial charge < -0.3 is 4.90 Å². The largest absolute Gasteiger partial charge is 0.307 e. The molecule has 0 N–H and O–H groups in total. The lowest BCUT2D eigenvalue weighted by atomic mass is 10.1. The van der Waals surface area contributed by atoms with Crippen molar-refractivity contribution in [1.82, 2.24) is 4.31 Å². The van der Waals surface area contributed by atoms with Crippen LogP contribution in [0, 0.1) is 0 Å². The van der Waals surface area contributed by atoms with Gasteiger partial charge in [0.15, 0.2) is 0 Å². The highest BCUT2D eigenvalue weighted by Crippen LogP contribution is 2.37. The van der Waals surface area contributed by atoms with Crippen LogP contribution < -0.4 is 4.90 Å². The van der Waals surface area contributed by atoms with Gasteiger partial charge in [-0.2, -0.15) is 4.31 Å². The van der Waals surface area contributed by atoms with Crippen LogP contribution in [-0.4, -0.2) is 43.5 Å². The van der Waals surface area contributed by atoms with E-state index < -0.39 is 10.0 Å². The first kappa shape index (κ1) is 19.5. The third-order valence-corrected chi connectivity index (χ3v) is 8.44. The van der Waals surface area contributed by atoms with Crippen molar-refractivity contribution in [2.45, 2.75) is 41.2 Å². The Morgan fingerprint density at radius 2 is 1.68 bits per heavy atom. The van der Waals surface area contributed by atoms with Crippen LogP contribution in [0.4, 0.5) is 5.69 Å². The molecule has 1 unspecified atom stereocenters. The molecule has 2 aliphatic heterocycles. The minimum absolute atomic E-state index is 0.0905. The van der Waals surface area contributed by atoms with Crippen molar-refractivity contribution in [2.24, 2.45) is 0 Å². The molecule has 2 aromatic carbocycles. The van der Waals surface area contributed by atoms with Gasteiger partial charge in [-0.15, -0.1) is 11.8 Å². The predicted molar refractivity (Wildman–Crippen MR) is 112 cm³/mol. The number of carbonyl (C=O) groups is 1. The Hall–Kier alpha value is -1.83. The Morgan fingerprint density at radius 1 is 1.00 bits per heavy atom. The Labute approximate surface area is 170 Å². The van der Waals surface area contributed by atoms with Crippen molar-refractivity contribution in [2.75, 3.05) is 24.5 Å². The maximum Gasteiger partial charge on any atom is 0.258 e. The van der Waals surface area contributed by atoms with Crippen LogP contribution in [0.3, 0.4) is 0 Å². The molecule has 0 radical (unpaired) electrons. The molecule has 1 amide bonds. The molecular formula is C21H24N2O3S2. The fourth-order valence-corrected chi connectivity index (χ4v) is 6.33. The molecule has 1 saturated heterocycles. The predicted octanol–water partition coefficient (Wildman–Crippen LogP) is 4.00. The van der Waals surface area contributed by atoms with Crippen LogP contribution in [0.5, 0.6) is 0 Å². The molecule has 5 nitrogen and oxygen atoms in total. The molecule has 0 bridgehead atoms. The Balaban J connectivity index is 1.60. The van der Waals surface area contributed by atoms with E-state index in [-0.39, 0.29) is 10.8 Å². The number of hydrogen-bond donors (Lipinski definition) is 0. The number of benzene rings is 2. The first-order chi connectivity index (χ1) is 13.5. The number of para-hydroxylation sites is 1. The van der Waals surface area contributed by atoms with E-state index in [0.29, 0.717) is 30.4 Å². The molecule has 2 aliphatic rings.